The maximum Gasteiger partial charge on any atom is 0.237 e. The van der Waals surface area contributed by atoms with Gasteiger partial charge in [-0.15, -0.1) is 11.3 Å². The number of carbonyl (C=O) groups is 1. The van der Waals surface area contributed by atoms with Crippen molar-refractivity contribution < 1.29 is 19.4 Å². The van der Waals surface area contributed by atoms with Crippen LogP contribution in [0.15, 0.2) is 35.7 Å². The summed E-state index contributed by atoms with van der Waals surface area (Å²) in [5.74, 6) is 0.939. The van der Waals surface area contributed by atoms with Crippen LogP contribution in [0.5, 0.6) is 5.75 Å². The van der Waals surface area contributed by atoms with E-state index in [4.69, 9.17) is 9.47 Å². The first kappa shape index (κ1) is 23.2. The van der Waals surface area contributed by atoms with Crippen molar-refractivity contribution >= 4 is 17.2 Å². The quantitative estimate of drug-likeness (QED) is 0.559. The molecule has 1 N–H and O–H groups in total. The maximum atomic E-state index is 13.5. The maximum absolute atomic E-state index is 13.5. The zero-order valence-electron chi connectivity index (χ0n) is 19.0. The van der Waals surface area contributed by atoms with E-state index >= 15 is 0 Å². The molecule has 0 bridgehead atoms. The van der Waals surface area contributed by atoms with E-state index in [-0.39, 0.29) is 11.9 Å². The Balaban J connectivity index is 1.44. The van der Waals surface area contributed by atoms with Crippen LogP contribution >= 0.6 is 11.3 Å². The number of amides is 1. The van der Waals surface area contributed by atoms with Crippen LogP contribution in [0.4, 0.5) is 0 Å². The first-order chi connectivity index (χ1) is 15.5. The highest BCUT2D eigenvalue weighted by Gasteiger charge is 2.36. The number of nitrogens with zero attached hydrogens (tertiary/aromatic N) is 2. The minimum Gasteiger partial charge on any atom is -0.491 e. The minimum atomic E-state index is -0.575. The Bertz CT molecular complexity index is 898. The number of thiophene rings is 1. The van der Waals surface area contributed by atoms with E-state index in [1.807, 2.05) is 43.0 Å². The molecule has 0 spiro atoms. The summed E-state index contributed by atoms with van der Waals surface area (Å²) < 4.78 is 11.5. The third kappa shape index (κ3) is 5.90. The molecule has 0 saturated heterocycles. The third-order valence-corrected chi connectivity index (χ3v) is 7.17. The largest absolute Gasteiger partial charge is 0.491 e. The summed E-state index contributed by atoms with van der Waals surface area (Å²) in [5.41, 5.74) is 2.36. The second-order valence-corrected chi connectivity index (χ2v) is 9.75. The molecule has 1 aliphatic heterocycles. The van der Waals surface area contributed by atoms with Crippen LogP contribution in [0.1, 0.15) is 41.8 Å². The second kappa shape index (κ2) is 10.8. The van der Waals surface area contributed by atoms with Gasteiger partial charge in [0.15, 0.2) is 0 Å². The molecule has 0 radical (unpaired) electrons. The number of rotatable bonds is 11. The topological polar surface area (TPSA) is 62.2 Å². The Morgan fingerprint density at radius 1 is 1.34 bits per heavy atom. The van der Waals surface area contributed by atoms with Gasteiger partial charge in [0.2, 0.25) is 5.91 Å². The molecule has 1 fully saturated rings. The first-order valence-corrected chi connectivity index (χ1v) is 12.5. The average Bonchev–Trinajstić information content (AvgIpc) is 3.52. The molecule has 6 nitrogen and oxygen atoms in total. The summed E-state index contributed by atoms with van der Waals surface area (Å²) in [6.07, 6.45) is 2.48. The van der Waals surface area contributed by atoms with Gasteiger partial charge in [0.1, 0.15) is 12.4 Å². The highest BCUT2D eigenvalue weighted by atomic mass is 32.1. The fraction of sp³-hybridized carbons (Fsp3) is 0.560. The lowest BCUT2D eigenvalue weighted by Crippen LogP contribution is -2.48. The molecule has 1 saturated carbocycles. The average molecular weight is 459 g/mol. The standard InChI is InChI=1S/C25H34N2O4S/c1-3-30-16-20(28)14-26(19-7-8-19)15-25(29)27-11-9-24-22(10-12-32-24)23(27)17-31-21-6-4-5-18(2)13-21/h4-6,10,12-13,19-20,23,28H,3,7-9,11,14-17H2,1-2H3/t20-,23+/m1/s1. The molecular weight excluding hydrogens is 424 g/mol. The van der Waals surface area contributed by atoms with Crippen molar-refractivity contribution in [2.75, 3.05) is 39.5 Å². The van der Waals surface area contributed by atoms with Gasteiger partial charge in [-0.25, -0.2) is 0 Å². The Hall–Kier alpha value is -1.93. The normalized spacial score (nSPS) is 19.1. The molecule has 2 atom stereocenters. The number of ether oxygens (including phenoxy) is 2. The number of aliphatic hydroxyl groups is 1. The number of fused-ring (bicyclic) bond motifs is 1. The smallest absolute Gasteiger partial charge is 0.237 e. The molecule has 1 aliphatic carbocycles. The van der Waals surface area contributed by atoms with Gasteiger partial charge in [-0.2, -0.15) is 0 Å². The number of hydrogen-bond donors (Lipinski definition) is 1. The number of benzene rings is 1. The van der Waals surface area contributed by atoms with Gasteiger partial charge in [-0.3, -0.25) is 9.69 Å². The molecule has 2 aromatic rings. The Morgan fingerprint density at radius 3 is 2.94 bits per heavy atom. The molecule has 0 unspecified atom stereocenters. The summed E-state index contributed by atoms with van der Waals surface area (Å²) in [7, 11) is 0. The van der Waals surface area contributed by atoms with Crippen LogP contribution < -0.4 is 4.74 Å². The number of hydrogen-bond acceptors (Lipinski definition) is 6. The van der Waals surface area contributed by atoms with E-state index in [1.54, 1.807) is 11.3 Å². The predicted octanol–water partition coefficient (Wildman–Crippen LogP) is 3.42. The molecule has 1 aromatic heterocycles. The van der Waals surface area contributed by atoms with E-state index in [2.05, 4.69) is 16.3 Å². The lowest BCUT2D eigenvalue weighted by atomic mass is 10.0. The minimum absolute atomic E-state index is 0.0904. The van der Waals surface area contributed by atoms with E-state index < -0.39 is 6.10 Å². The van der Waals surface area contributed by atoms with Gasteiger partial charge in [-0.1, -0.05) is 12.1 Å². The van der Waals surface area contributed by atoms with Gasteiger partial charge >= 0.3 is 0 Å². The van der Waals surface area contributed by atoms with Gasteiger partial charge in [0.05, 0.1) is 25.3 Å². The fourth-order valence-electron chi connectivity index (χ4n) is 4.38. The Kier molecular flexibility index (Phi) is 7.84. The van der Waals surface area contributed by atoms with Crippen molar-refractivity contribution in [1.29, 1.82) is 0 Å². The molecule has 2 aliphatic rings. The molecule has 32 heavy (non-hydrogen) atoms. The molecule has 1 amide bonds. The first-order valence-electron chi connectivity index (χ1n) is 11.6. The highest BCUT2D eigenvalue weighted by molar-refractivity contribution is 7.10. The molecule has 4 rings (SSSR count). The Labute approximate surface area is 194 Å². The lowest BCUT2D eigenvalue weighted by Gasteiger charge is -2.37. The second-order valence-electron chi connectivity index (χ2n) is 8.75. The van der Waals surface area contributed by atoms with Crippen LogP contribution in [-0.2, 0) is 16.0 Å². The predicted molar refractivity (Wildman–Crippen MR) is 126 cm³/mol. The van der Waals surface area contributed by atoms with Crippen LogP contribution in [0.25, 0.3) is 0 Å². The summed E-state index contributed by atoms with van der Waals surface area (Å²) in [5, 5.41) is 12.4. The highest BCUT2D eigenvalue weighted by Crippen LogP contribution is 2.35. The summed E-state index contributed by atoms with van der Waals surface area (Å²) in [4.78, 5) is 18.9. The van der Waals surface area contributed by atoms with Crippen molar-refractivity contribution in [1.82, 2.24) is 9.80 Å². The molecule has 174 valence electrons. The SMILES string of the molecule is CCOC[C@H](O)CN(CC(=O)N1CCc2sccc2[C@@H]1COc1cccc(C)c1)C1CC1. The molecule has 7 heteroatoms. The summed E-state index contributed by atoms with van der Waals surface area (Å²) in [6, 6.07) is 10.5. The molecule has 2 heterocycles. The zero-order valence-corrected chi connectivity index (χ0v) is 19.9. The van der Waals surface area contributed by atoms with E-state index in [9.17, 15) is 9.90 Å². The van der Waals surface area contributed by atoms with Crippen LogP contribution in [0.2, 0.25) is 0 Å². The zero-order chi connectivity index (χ0) is 22.5. The van der Waals surface area contributed by atoms with E-state index in [0.717, 1.165) is 30.6 Å². The number of aliphatic hydroxyl groups excluding tert-OH is 1. The lowest BCUT2D eigenvalue weighted by molar-refractivity contribution is -0.136. The van der Waals surface area contributed by atoms with Crippen LogP contribution in [0.3, 0.4) is 0 Å². The van der Waals surface area contributed by atoms with Crippen molar-refractivity contribution in [3.63, 3.8) is 0 Å². The van der Waals surface area contributed by atoms with Gasteiger partial charge in [-0.05, 0) is 67.8 Å². The monoisotopic (exact) mass is 458 g/mol. The van der Waals surface area contributed by atoms with Crippen molar-refractivity contribution in [3.05, 3.63) is 51.7 Å². The molecule has 1 aromatic carbocycles. The summed E-state index contributed by atoms with van der Waals surface area (Å²) in [6.45, 7) is 6.80. The van der Waals surface area contributed by atoms with Gasteiger partial charge in [0.25, 0.3) is 0 Å². The van der Waals surface area contributed by atoms with Crippen molar-refractivity contribution in [3.8, 4) is 5.75 Å². The van der Waals surface area contributed by atoms with Gasteiger partial charge < -0.3 is 19.5 Å². The van der Waals surface area contributed by atoms with E-state index in [0.29, 0.717) is 45.5 Å². The van der Waals surface area contributed by atoms with Crippen LogP contribution in [0, 0.1) is 6.92 Å². The number of carbonyl (C=O) groups excluding carboxylic acids is 1. The number of aryl methyl sites for hydroxylation is 1. The van der Waals surface area contributed by atoms with Crippen molar-refractivity contribution in [2.45, 2.75) is 51.3 Å². The van der Waals surface area contributed by atoms with Crippen molar-refractivity contribution in [2.24, 2.45) is 0 Å². The fourth-order valence-corrected chi connectivity index (χ4v) is 5.31. The summed E-state index contributed by atoms with van der Waals surface area (Å²) >= 11 is 1.76. The van der Waals surface area contributed by atoms with Gasteiger partial charge in [0, 0.05) is 30.6 Å². The third-order valence-electron chi connectivity index (χ3n) is 6.17. The van der Waals surface area contributed by atoms with Crippen LogP contribution in [-0.4, -0.2) is 72.4 Å². The Morgan fingerprint density at radius 2 is 2.19 bits per heavy atom. The molecular formula is C25H34N2O4S. The van der Waals surface area contributed by atoms with E-state index in [1.165, 1.54) is 10.4 Å².